The van der Waals surface area contributed by atoms with Crippen LogP contribution in [0.15, 0.2) is 6.07 Å². The zero-order valence-corrected chi connectivity index (χ0v) is 13.1. The predicted octanol–water partition coefficient (Wildman–Crippen LogP) is 3.33. The van der Waals surface area contributed by atoms with Crippen LogP contribution in [0.2, 0.25) is 5.02 Å². The summed E-state index contributed by atoms with van der Waals surface area (Å²) in [6.07, 6.45) is 2.04. The van der Waals surface area contributed by atoms with Gasteiger partial charge in [-0.15, -0.1) is 0 Å². The monoisotopic (exact) mass is 314 g/mol. The number of benzene rings is 1. The van der Waals surface area contributed by atoms with Crippen molar-refractivity contribution in [2.24, 2.45) is 5.92 Å². The molecular weight excluding hydrogens is 296 g/mol. The first kappa shape index (κ1) is 15.8. The molecule has 0 aliphatic heterocycles. The third-order valence-corrected chi connectivity index (χ3v) is 4.16. The fourth-order valence-corrected chi connectivity index (χ4v) is 3.05. The SMILES string of the molecule is COc1cc(OC)c(C(CC(=O)O)C2CC2)c(Cl)c1OC. The second kappa shape index (κ2) is 6.43. The molecular formula is C15H19ClO5. The second-order valence-electron chi connectivity index (χ2n) is 5.08. The van der Waals surface area contributed by atoms with Gasteiger partial charge in [0.15, 0.2) is 11.5 Å². The fraction of sp³-hybridized carbons (Fsp3) is 0.533. The first-order valence-corrected chi connectivity index (χ1v) is 7.11. The van der Waals surface area contributed by atoms with Crippen molar-refractivity contribution in [3.8, 4) is 17.2 Å². The van der Waals surface area contributed by atoms with Crippen molar-refractivity contribution in [1.29, 1.82) is 0 Å². The molecule has 0 bridgehead atoms. The standard InChI is InChI=1S/C15H19ClO5/c1-19-10-7-11(20-2)15(21-3)14(16)13(10)9(6-12(17)18)8-4-5-8/h7-9H,4-6H2,1-3H3,(H,17,18). The Bertz CT molecular complexity index is 539. The van der Waals surface area contributed by atoms with E-state index in [1.807, 2.05) is 0 Å². The number of methoxy groups -OCH3 is 3. The molecule has 1 fully saturated rings. The lowest BCUT2D eigenvalue weighted by atomic mass is 9.89. The van der Waals surface area contributed by atoms with Gasteiger partial charge in [0.05, 0.1) is 32.8 Å². The van der Waals surface area contributed by atoms with Gasteiger partial charge in [-0.3, -0.25) is 4.79 Å². The Morgan fingerprint density at radius 2 is 1.90 bits per heavy atom. The van der Waals surface area contributed by atoms with Gasteiger partial charge in [0.1, 0.15) is 5.75 Å². The van der Waals surface area contributed by atoms with Crippen molar-refractivity contribution in [3.05, 3.63) is 16.7 Å². The van der Waals surface area contributed by atoms with Crippen LogP contribution in [0, 0.1) is 5.92 Å². The highest BCUT2D eigenvalue weighted by atomic mass is 35.5. The molecule has 1 aromatic carbocycles. The van der Waals surface area contributed by atoms with E-state index in [1.165, 1.54) is 21.3 Å². The van der Waals surface area contributed by atoms with E-state index in [9.17, 15) is 4.79 Å². The van der Waals surface area contributed by atoms with E-state index in [0.717, 1.165) is 12.8 Å². The van der Waals surface area contributed by atoms with Crippen LogP contribution in [0.1, 0.15) is 30.7 Å². The first-order valence-electron chi connectivity index (χ1n) is 6.73. The van der Waals surface area contributed by atoms with E-state index in [0.29, 0.717) is 33.8 Å². The Balaban J connectivity index is 2.56. The van der Waals surface area contributed by atoms with Crippen LogP contribution >= 0.6 is 11.6 Å². The molecule has 0 spiro atoms. The predicted molar refractivity (Wildman–Crippen MR) is 78.8 cm³/mol. The zero-order chi connectivity index (χ0) is 15.6. The maximum absolute atomic E-state index is 11.2. The maximum Gasteiger partial charge on any atom is 0.303 e. The fourth-order valence-electron chi connectivity index (χ4n) is 2.65. The Hall–Kier alpha value is -1.62. The normalized spacial score (nSPS) is 15.4. The topological polar surface area (TPSA) is 65.0 Å². The molecule has 1 atom stereocenters. The molecule has 0 aromatic heterocycles. The van der Waals surface area contributed by atoms with Crippen LogP contribution in [-0.4, -0.2) is 32.4 Å². The maximum atomic E-state index is 11.2. The van der Waals surface area contributed by atoms with Crippen molar-refractivity contribution in [2.75, 3.05) is 21.3 Å². The highest BCUT2D eigenvalue weighted by Crippen LogP contribution is 2.53. The third kappa shape index (κ3) is 3.18. The van der Waals surface area contributed by atoms with E-state index in [4.69, 9.17) is 30.9 Å². The summed E-state index contributed by atoms with van der Waals surface area (Å²) in [6.45, 7) is 0. The van der Waals surface area contributed by atoms with Gasteiger partial charge >= 0.3 is 5.97 Å². The van der Waals surface area contributed by atoms with Gasteiger partial charge in [-0.1, -0.05) is 11.6 Å². The summed E-state index contributed by atoms with van der Waals surface area (Å²) in [4.78, 5) is 11.2. The molecule has 1 N–H and O–H groups in total. The smallest absolute Gasteiger partial charge is 0.303 e. The average Bonchev–Trinajstić information content (AvgIpc) is 3.28. The third-order valence-electron chi connectivity index (χ3n) is 3.79. The van der Waals surface area contributed by atoms with Gasteiger partial charge < -0.3 is 19.3 Å². The van der Waals surface area contributed by atoms with Gasteiger partial charge in [-0.2, -0.15) is 0 Å². The minimum absolute atomic E-state index is 0.0240. The van der Waals surface area contributed by atoms with Gasteiger partial charge in [0.25, 0.3) is 0 Å². The molecule has 116 valence electrons. The Kier molecular flexibility index (Phi) is 4.83. The van der Waals surface area contributed by atoms with E-state index in [-0.39, 0.29) is 12.3 Å². The lowest BCUT2D eigenvalue weighted by molar-refractivity contribution is -0.137. The summed E-state index contributed by atoms with van der Waals surface area (Å²) in [5.41, 5.74) is 0.696. The number of hydrogen-bond donors (Lipinski definition) is 1. The number of carboxylic acids is 1. The number of carbonyl (C=O) groups is 1. The number of carboxylic acid groups (broad SMARTS) is 1. The summed E-state index contributed by atoms with van der Waals surface area (Å²) in [5.74, 6) is 0.713. The molecule has 6 heteroatoms. The van der Waals surface area contributed by atoms with Gasteiger partial charge in [0.2, 0.25) is 0 Å². The van der Waals surface area contributed by atoms with Gasteiger partial charge in [0, 0.05) is 17.5 Å². The van der Waals surface area contributed by atoms with Gasteiger partial charge in [-0.05, 0) is 18.8 Å². The Morgan fingerprint density at radius 1 is 1.29 bits per heavy atom. The van der Waals surface area contributed by atoms with Crippen LogP contribution in [0.5, 0.6) is 17.2 Å². The molecule has 0 heterocycles. The summed E-state index contributed by atoms with van der Waals surface area (Å²) in [6, 6.07) is 1.69. The lowest BCUT2D eigenvalue weighted by Gasteiger charge is -2.22. The number of ether oxygens (including phenoxy) is 3. The molecule has 2 rings (SSSR count). The van der Waals surface area contributed by atoms with E-state index < -0.39 is 5.97 Å². The van der Waals surface area contributed by atoms with Crippen molar-refractivity contribution in [1.82, 2.24) is 0 Å². The lowest BCUT2D eigenvalue weighted by Crippen LogP contribution is -2.11. The van der Waals surface area contributed by atoms with E-state index in [1.54, 1.807) is 6.07 Å². The van der Waals surface area contributed by atoms with E-state index in [2.05, 4.69) is 0 Å². The minimum Gasteiger partial charge on any atom is -0.496 e. The average molecular weight is 315 g/mol. The highest BCUT2D eigenvalue weighted by Gasteiger charge is 2.38. The van der Waals surface area contributed by atoms with Crippen LogP contribution < -0.4 is 14.2 Å². The van der Waals surface area contributed by atoms with Crippen LogP contribution in [0.25, 0.3) is 0 Å². The first-order chi connectivity index (χ1) is 10.0. The molecule has 1 aromatic rings. The summed E-state index contributed by atoms with van der Waals surface area (Å²) < 4.78 is 15.9. The molecule has 1 saturated carbocycles. The molecule has 5 nitrogen and oxygen atoms in total. The molecule has 1 unspecified atom stereocenters. The van der Waals surface area contributed by atoms with Crippen molar-refractivity contribution in [2.45, 2.75) is 25.2 Å². The van der Waals surface area contributed by atoms with Crippen molar-refractivity contribution >= 4 is 17.6 Å². The van der Waals surface area contributed by atoms with Crippen LogP contribution in [0.4, 0.5) is 0 Å². The Labute approximate surface area is 128 Å². The molecule has 21 heavy (non-hydrogen) atoms. The van der Waals surface area contributed by atoms with Crippen LogP contribution in [0.3, 0.4) is 0 Å². The number of rotatable bonds is 7. The quantitative estimate of drug-likeness (QED) is 0.836. The van der Waals surface area contributed by atoms with Crippen molar-refractivity contribution in [3.63, 3.8) is 0 Å². The molecule has 1 aliphatic rings. The Morgan fingerprint density at radius 3 is 2.33 bits per heavy atom. The number of aliphatic carboxylic acids is 1. The highest BCUT2D eigenvalue weighted by molar-refractivity contribution is 6.33. The molecule has 1 aliphatic carbocycles. The largest absolute Gasteiger partial charge is 0.496 e. The molecule has 0 radical (unpaired) electrons. The van der Waals surface area contributed by atoms with Crippen LogP contribution in [-0.2, 0) is 4.79 Å². The summed E-state index contributed by atoms with van der Waals surface area (Å²) >= 11 is 6.45. The number of hydrogen-bond acceptors (Lipinski definition) is 4. The molecule has 0 amide bonds. The number of halogens is 1. The van der Waals surface area contributed by atoms with Crippen molar-refractivity contribution < 1.29 is 24.1 Å². The summed E-state index contributed by atoms with van der Waals surface area (Å²) in [7, 11) is 4.55. The minimum atomic E-state index is -0.847. The zero-order valence-electron chi connectivity index (χ0n) is 12.3. The van der Waals surface area contributed by atoms with Gasteiger partial charge in [-0.25, -0.2) is 0 Å². The second-order valence-corrected chi connectivity index (χ2v) is 5.46. The summed E-state index contributed by atoms with van der Waals surface area (Å²) in [5, 5.41) is 9.53. The van der Waals surface area contributed by atoms with E-state index >= 15 is 0 Å². The molecule has 0 saturated heterocycles.